The van der Waals surface area contributed by atoms with Crippen LogP contribution in [0.2, 0.25) is 0 Å². The van der Waals surface area contributed by atoms with E-state index < -0.39 is 27.7 Å². The van der Waals surface area contributed by atoms with Crippen molar-refractivity contribution in [1.82, 2.24) is 29.2 Å². The number of alkyl halides is 1. The Bertz CT molecular complexity index is 1690. The molecule has 0 atom stereocenters. The van der Waals surface area contributed by atoms with E-state index >= 15 is 0 Å². The van der Waals surface area contributed by atoms with Gasteiger partial charge >= 0.3 is 0 Å². The van der Waals surface area contributed by atoms with Gasteiger partial charge in [-0.1, -0.05) is 25.2 Å². The van der Waals surface area contributed by atoms with E-state index in [4.69, 9.17) is 4.98 Å². The van der Waals surface area contributed by atoms with Gasteiger partial charge in [0.25, 0.3) is 0 Å². The summed E-state index contributed by atoms with van der Waals surface area (Å²) in [4.78, 5) is 19.5. The maximum Gasteiger partial charge on any atom is 0.242 e. The van der Waals surface area contributed by atoms with Crippen LogP contribution in [0.25, 0.3) is 16.3 Å². The molecule has 3 aromatic rings. The standard InChI is InChI=1S/C27H30FN7O3S2/c1-16(2)23(36)34-8-7-26(10-17(34)11-26)19-9-18(40(37,38)33-27(14-28)5-6-27)13-35-20(12-30-21(19)35)22-31-32-24(39-22)25(15-29)3-4-25/h9,12-13,16-17,33H,3-8,10-11,14H2,1-2H3. The molecule has 3 aromatic heterocycles. The summed E-state index contributed by atoms with van der Waals surface area (Å²) in [6.07, 6.45) is 7.82. The maximum absolute atomic E-state index is 13.7. The Balaban J connectivity index is 1.32. The number of carbonyl (C=O) groups is 1. The van der Waals surface area contributed by atoms with Crippen molar-refractivity contribution in [2.75, 3.05) is 13.2 Å². The van der Waals surface area contributed by atoms with Crippen LogP contribution in [0, 0.1) is 17.2 Å². The second kappa shape index (κ2) is 8.53. The van der Waals surface area contributed by atoms with Gasteiger partial charge in [0.2, 0.25) is 15.9 Å². The molecule has 1 amide bonds. The van der Waals surface area contributed by atoms with Gasteiger partial charge in [-0.3, -0.25) is 9.20 Å². The van der Waals surface area contributed by atoms with Gasteiger partial charge in [0.15, 0.2) is 5.01 Å². The minimum absolute atomic E-state index is 0.0490. The number of nitrogens with one attached hydrogen (secondary N) is 1. The number of amides is 1. The topological polar surface area (TPSA) is 133 Å². The number of fused-ring (bicyclic) bond motifs is 3. The van der Waals surface area contributed by atoms with Gasteiger partial charge < -0.3 is 4.90 Å². The number of piperidine rings is 2. The van der Waals surface area contributed by atoms with E-state index in [1.807, 2.05) is 18.7 Å². The fraction of sp³-hybridized carbons (Fsp3) is 0.593. The molecule has 0 spiro atoms. The van der Waals surface area contributed by atoms with E-state index in [1.54, 1.807) is 16.7 Å². The van der Waals surface area contributed by atoms with Gasteiger partial charge in [-0.15, -0.1) is 10.2 Å². The van der Waals surface area contributed by atoms with Crippen molar-refractivity contribution in [3.8, 4) is 16.8 Å². The Morgan fingerprint density at radius 2 is 2.00 bits per heavy atom. The molecule has 1 N–H and O–H groups in total. The maximum atomic E-state index is 13.7. The van der Waals surface area contributed by atoms with Crippen molar-refractivity contribution in [2.45, 2.75) is 86.1 Å². The summed E-state index contributed by atoms with van der Waals surface area (Å²) in [5, 5.41) is 19.5. The van der Waals surface area contributed by atoms with E-state index in [0.29, 0.717) is 47.2 Å². The zero-order valence-electron chi connectivity index (χ0n) is 22.4. The van der Waals surface area contributed by atoms with E-state index in [2.05, 4.69) is 21.0 Å². The van der Waals surface area contributed by atoms with Crippen molar-refractivity contribution >= 4 is 32.9 Å². The third-order valence-electron chi connectivity index (χ3n) is 9.24. The summed E-state index contributed by atoms with van der Waals surface area (Å²) >= 11 is 1.33. The number of halogens is 1. The van der Waals surface area contributed by atoms with Crippen LogP contribution < -0.4 is 4.72 Å². The number of pyridine rings is 1. The third-order valence-corrected chi connectivity index (χ3v) is 11.9. The van der Waals surface area contributed by atoms with Gasteiger partial charge in [-0.05, 0) is 51.0 Å². The molecule has 3 saturated carbocycles. The van der Waals surface area contributed by atoms with E-state index in [9.17, 15) is 22.9 Å². The molecule has 10 nitrogen and oxygen atoms in total. The first-order valence-corrected chi connectivity index (χ1v) is 16.0. The van der Waals surface area contributed by atoms with Gasteiger partial charge in [0.1, 0.15) is 28.4 Å². The Morgan fingerprint density at radius 3 is 2.58 bits per heavy atom. The fourth-order valence-electron chi connectivity index (χ4n) is 6.29. The molecule has 0 radical (unpaired) electrons. The van der Waals surface area contributed by atoms with Crippen LogP contribution in [-0.4, -0.2) is 63.6 Å². The highest BCUT2D eigenvalue weighted by Gasteiger charge is 2.54. The Hall–Kier alpha value is -2.95. The van der Waals surface area contributed by atoms with Crippen LogP contribution in [0.1, 0.15) is 69.4 Å². The quantitative estimate of drug-likeness (QED) is 0.429. The predicted molar refractivity (Wildman–Crippen MR) is 145 cm³/mol. The summed E-state index contributed by atoms with van der Waals surface area (Å²) in [6.45, 7) is 3.67. The minimum atomic E-state index is -4.03. The number of carbonyl (C=O) groups excluding carboxylic acids is 1. The third kappa shape index (κ3) is 3.83. The van der Waals surface area contributed by atoms with Crippen LogP contribution >= 0.6 is 11.3 Å². The van der Waals surface area contributed by atoms with Crippen molar-refractivity contribution in [2.24, 2.45) is 5.92 Å². The van der Waals surface area contributed by atoms with E-state index in [-0.39, 0.29) is 28.2 Å². The lowest BCUT2D eigenvalue weighted by Gasteiger charge is -2.58. The SMILES string of the molecule is CC(C)C(=O)N1CCC2(c3cc(S(=O)(=O)NC4(CF)CC4)cn4c(-c5nnc(C6(C#N)CC6)s5)cnc34)CC1C2. The summed E-state index contributed by atoms with van der Waals surface area (Å²) in [5.41, 5.74) is 0.138. The van der Waals surface area contributed by atoms with Gasteiger partial charge in [0, 0.05) is 35.7 Å². The first kappa shape index (κ1) is 26.0. The van der Waals surface area contributed by atoms with E-state index in [0.717, 1.165) is 31.2 Å². The van der Waals surface area contributed by atoms with Gasteiger partial charge in [0.05, 0.1) is 22.7 Å². The number of imidazole rings is 1. The lowest BCUT2D eigenvalue weighted by Crippen LogP contribution is -2.62. The molecule has 13 heteroatoms. The number of aromatic nitrogens is 4. The van der Waals surface area contributed by atoms with Crippen LogP contribution in [0.5, 0.6) is 0 Å². The minimum Gasteiger partial charge on any atom is -0.339 e. The Morgan fingerprint density at radius 1 is 1.25 bits per heavy atom. The number of nitrogens with zero attached hydrogens (tertiary/aromatic N) is 6. The summed E-state index contributed by atoms with van der Waals surface area (Å²) < 4.78 is 45.2. The predicted octanol–water partition coefficient (Wildman–Crippen LogP) is 3.48. The van der Waals surface area contributed by atoms with E-state index in [1.165, 1.54) is 17.5 Å². The summed E-state index contributed by atoms with van der Waals surface area (Å²) in [7, 11) is -4.03. The fourth-order valence-corrected chi connectivity index (χ4v) is 8.81. The molecule has 5 fully saturated rings. The monoisotopic (exact) mass is 583 g/mol. The summed E-state index contributed by atoms with van der Waals surface area (Å²) in [6, 6.07) is 4.16. The van der Waals surface area contributed by atoms with Gasteiger partial charge in [-0.2, -0.15) is 5.26 Å². The molecule has 3 aliphatic carbocycles. The highest BCUT2D eigenvalue weighted by Crippen LogP contribution is 2.54. The van der Waals surface area contributed by atoms with Crippen LogP contribution in [0.4, 0.5) is 4.39 Å². The zero-order chi connectivity index (χ0) is 28.1. The Labute approximate surface area is 235 Å². The lowest BCUT2D eigenvalue weighted by atomic mass is 9.57. The molecular weight excluding hydrogens is 553 g/mol. The van der Waals surface area contributed by atoms with Crippen LogP contribution in [0.15, 0.2) is 23.4 Å². The second-order valence-corrected chi connectivity index (χ2v) is 15.0. The second-order valence-electron chi connectivity index (χ2n) is 12.3. The first-order valence-electron chi connectivity index (χ1n) is 13.7. The molecule has 5 aliphatic rings. The zero-order valence-corrected chi connectivity index (χ0v) is 24.0. The molecule has 8 rings (SSSR count). The molecule has 2 saturated heterocycles. The van der Waals surface area contributed by atoms with Crippen molar-refractivity contribution < 1.29 is 17.6 Å². The normalized spacial score (nSPS) is 26.0. The molecule has 2 aliphatic heterocycles. The van der Waals surface area contributed by atoms with Crippen molar-refractivity contribution in [1.29, 1.82) is 5.26 Å². The lowest BCUT2D eigenvalue weighted by molar-refractivity contribution is -0.145. The van der Waals surface area contributed by atoms with Crippen molar-refractivity contribution in [3.05, 3.63) is 29.0 Å². The highest BCUT2D eigenvalue weighted by atomic mass is 32.2. The number of nitriles is 1. The van der Waals surface area contributed by atoms with Crippen LogP contribution in [0.3, 0.4) is 0 Å². The first-order chi connectivity index (χ1) is 19.0. The molecule has 40 heavy (non-hydrogen) atoms. The molecular formula is C27H30FN7O3S2. The smallest absolute Gasteiger partial charge is 0.242 e. The molecule has 2 bridgehead atoms. The number of hydrogen-bond acceptors (Lipinski definition) is 8. The van der Waals surface area contributed by atoms with Gasteiger partial charge in [-0.25, -0.2) is 22.5 Å². The molecule has 210 valence electrons. The average molecular weight is 584 g/mol. The number of hydrogen-bond donors (Lipinski definition) is 1. The molecule has 5 heterocycles. The van der Waals surface area contributed by atoms with Crippen molar-refractivity contribution in [3.63, 3.8) is 0 Å². The average Bonchev–Trinajstić information content (AvgIpc) is 3.79. The number of rotatable bonds is 8. The number of sulfonamides is 1. The summed E-state index contributed by atoms with van der Waals surface area (Å²) in [5.74, 6) is 0.0676. The highest BCUT2D eigenvalue weighted by molar-refractivity contribution is 7.89. The largest absolute Gasteiger partial charge is 0.339 e. The molecule has 0 aromatic carbocycles. The molecule has 0 unspecified atom stereocenters. The van der Waals surface area contributed by atoms with Crippen LogP contribution in [-0.2, 0) is 25.6 Å². The Kier molecular flexibility index (Phi) is 5.54.